The Labute approximate surface area is 237 Å². The molecule has 2 heterocycles. The van der Waals surface area contributed by atoms with Crippen LogP contribution in [0.25, 0.3) is 22.0 Å². The van der Waals surface area contributed by atoms with Crippen LogP contribution >= 0.6 is 34.2 Å². The molecule has 0 aliphatic rings. The number of nitrogens with one attached hydrogen (secondary N) is 1. The molecule has 8 nitrogen and oxygen atoms in total. The second-order valence-corrected chi connectivity index (χ2v) is 11.0. The van der Waals surface area contributed by atoms with Gasteiger partial charge in [-0.2, -0.15) is 5.26 Å². The second-order valence-electron chi connectivity index (χ2n) is 8.56. The first kappa shape index (κ1) is 27.6. The van der Waals surface area contributed by atoms with Gasteiger partial charge in [0, 0.05) is 28.9 Å². The minimum Gasteiger partial charge on any atom is -0.461 e. The molecule has 194 valence electrons. The summed E-state index contributed by atoms with van der Waals surface area (Å²) in [7, 11) is 0. The highest BCUT2D eigenvalue weighted by Gasteiger charge is 2.24. The lowest BCUT2D eigenvalue weighted by atomic mass is 10.0. The van der Waals surface area contributed by atoms with E-state index in [0.717, 1.165) is 5.56 Å². The summed E-state index contributed by atoms with van der Waals surface area (Å²) in [5.74, 6) is -0.913. The number of carbonyl (C=O) groups excluding carboxylic acids is 1. The van der Waals surface area contributed by atoms with Gasteiger partial charge in [-0.3, -0.25) is 0 Å². The zero-order valence-corrected chi connectivity index (χ0v) is 23.5. The number of hydrogen-bond donors (Lipinski definition) is 2. The van der Waals surface area contributed by atoms with Crippen LogP contribution < -0.4 is 5.32 Å². The van der Waals surface area contributed by atoms with Crippen LogP contribution in [-0.4, -0.2) is 32.6 Å². The van der Waals surface area contributed by atoms with Crippen LogP contribution in [0.5, 0.6) is 0 Å². The molecule has 38 heavy (non-hydrogen) atoms. The molecule has 2 N–H and O–H groups in total. The van der Waals surface area contributed by atoms with Crippen molar-refractivity contribution < 1.29 is 19.0 Å². The molecule has 0 amide bonds. The summed E-state index contributed by atoms with van der Waals surface area (Å²) in [4.78, 5) is 25.6. The van der Waals surface area contributed by atoms with E-state index >= 15 is 0 Å². The van der Waals surface area contributed by atoms with Crippen molar-refractivity contribution in [1.29, 1.82) is 5.26 Å². The van der Waals surface area contributed by atoms with Crippen LogP contribution in [0.3, 0.4) is 0 Å². The molecule has 0 aliphatic carbocycles. The number of hydrogen-bond acceptors (Lipinski definition) is 8. The van der Waals surface area contributed by atoms with Gasteiger partial charge in [0.2, 0.25) is 0 Å². The van der Waals surface area contributed by atoms with E-state index in [9.17, 15) is 19.6 Å². The maximum absolute atomic E-state index is 14.7. The number of rotatable bonds is 7. The van der Waals surface area contributed by atoms with Crippen molar-refractivity contribution in [3.63, 3.8) is 0 Å². The van der Waals surface area contributed by atoms with Gasteiger partial charge in [0.05, 0.1) is 40.5 Å². The normalized spacial score (nSPS) is 13.4. The van der Waals surface area contributed by atoms with Crippen molar-refractivity contribution in [1.82, 2.24) is 15.0 Å². The highest BCUT2D eigenvalue weighted by atomic mass is 127. The molecule has 11 heteroatoms. The fourth-order valence-corrected chi connectivity index (χ4v) is 4.40. The molecule has 0 spiro atoms. The van der Waals surface area contributed by atoms with Crippen LogP contribution in [0.15, 0.2) is 48.8 Å². The number of esters is 1. The zero-order valence-electron chi connectivity index (χ0n) is 20.6. The van der Waals surface area contributed by atoms with Gasteiger partial charge in [-0.05, 0) is 79.3 Å². The number of nitriles is 1. The molecule has 4 rings (SSSR count). The van der Waals surface area contributed by atoms with Gasteiger partial charge < -0.3 is 15.2 Å². The lowest BCUT2D eigenvalue weighted by molar-refractivity contribution is 0.0520. The molecular weight excluding hydrogens is 624 g/mol. The van der Waals surface area contributed by atoms with E-state index < -0.39 is 21.4 Å². The van der Waals surface area contributed by atoms with Crippen molar-refractivity contribution in [2.45, 2.75) is 30.4 Å². The van der Waals surface area contributed by atoms with Crippen LogP contribution in [0.2, 0.25) is 5.02 Å². The number of carbonyl (C=O) groups is 1. The van der Waals surface area contributed by atoms with Gasteiger partial charge in [0.25, 0.3) is 0 Å². The highest BCUT2D eigenvalue weighted by Crippen LogP contribution is 2.38. The first-order chi connectivity index (χ1) is 18.0. The SMILES string of the molecule is CCOC(=O)c1nc2ccc(-c3cnc(C(C)(O)I)nc3)cc2c(N[C@H](C)c2cc(C#N)ccc2F)c1Cl. The molecule has 2 aromatic carbocycles. The Hall–Kier alpha value is -3.40. The van der Waals surface area contributed by atoms with Crippen molar-refractivity contribution in [2.75, 3.05) is 11.9 Å². The lowest BCUT2D eigenvalue weighted by Crippen LogP contribution is -2.15. The van der Waals surface area contributed by atoms with E-state index in [1.165, 1.54) is 18.2 Å². The molecular formula is C27H22ClFIN5O3. The van der Waals surface area contributed by atoms with Gasteiger partial charge in [-0.15, -0.1) is 0 Å². The molecule has 0 fully saturated rings. The summed E-state index contributed by atoms with van der Waals surface area (Å²) < 4.78 is 18.6. The topological polar surface area (TPSA) is 121 Å². The zero-order chi connectivity index (χ0) is 27.6. The lowest BCUT2D eigenvalue weighted by Gasteiger charge is -2.21. The number of alkyl halides is 1. The summed E-state index contributed by atoms with van der Waals surface area (Å²) in [6.45, 7) is 5.12. The maximum atomic E-state index is 14.7. The van der Waals surface area contributed by atoms with E-state index in [0.29, 0.717) is 27.7 Å². The average molecular weight is 646 g/mol. The second kappa shape index (κ2) is 11.1. The number of aliphatic hydroxyl groups is 1. The van der Waals surface area contributed by atoms with Crippen LogP contribution in [0.4, 0.5) is 10.1 Å². The molecule has 2 atom stereocenters. The maximum Gasteiger partial charge on any atom is 0.358 e. The number of pyridine rings is 1. The predicted molar refractivity (Wildman–Crippen MR) is 150 cm³/mol. The van der Waals surface area contributed by atoms with Gasteiger partial charge in [-0.25, -0.2) is 24.1 Å². The Balaban J connectivity index is 1.86. The Kier molecular flexibility index (Phi) is 8.10. The monoisotopic (exact) mass is 645 g/mol. The Morgan fingerprint density at radius 3 is 2.61 bits per heavy atom. The van der Waals surface area contributed by atoms with E-state index in [-0.39, 0.29) is 28.7 Å². The van der Waals surface area contributed by atoms with E-state index in [4.69, 9.17) is 16.3 Å². The minimum atomic E-state index is -1.22. The largest absolute Gasteiger partial charge is 0.461 e. The number of aromatic nitrogens is 3. The molecule has 0 saturated heterocycles. The minimum absolute atomic E-state index is 0.0179. The summed E-state index contributed by atoms with van der Waals surface area (Å²) >= 11 is 8.53. The van der Waals surface area contributed by atoms with Crippen LogP contribution in [-0.2, 0) is 8.34 Å². The number of halogens is 3. The summed E-state index contributed by atoms with van der Waals surface area (Å²) in [5, 5.41) is 23.2. The number of anilines is 1. The van der Waals surface area contributed by atoms with Crippen molar-refractivity contribution in [3.8, 4) is 17.2 Å². The highest BCUT2D eigenvalue weighted by molar-refractivity contribution is 14.1. The number of nitrogens with zero attached hydrogens (tertiary/aromatic N) is 4. The molecule has 4 aromatic rings. The van der Waals surface area contributed by atoms with Gasteiger partial charge in [-0.1, -0.05) is 17.7 Å². The Morgan fingerprint density at radius 2 is 1.97 bits per heavy atom. The van der Waals surface area contributed by atoms with Gasteiger partial charge >= 0.3 is 5.97 Å². The van der Waals surface area contributed by atoms with Crippen LogP contribution in [0.1, 0.15) is 54.3 Å². The molecule has 1 unspecified atom stereocenters. The standard InChI is InChI=1S/C27H22ClFIN5O3/c1-4-38-25(36)24-22(28)23(34-14(2)18-9-15(11-31)5-7-20(18)29)19-10-16(6-8-21(19)35-24)17-12-32-26(33-13-17)27(3,30)37/h5-10,12-14,37H,4H2,1-3H3,(H,34,35)/t14-,27?/m1/s1. The molecule has 0 bridgehead atoms. The summed E-state index contributed by atoms with van der Waals surface area (Å²) in [6, 6.07) is 10.8. The quantitative estimate of drug-likeness (QED) is 0.136. The van der Waals surface area contributed by atoms with Crippen molar-refractivity contribution >= 4 is 56.8 Å². The summed E-state index contributed by atoms with van der Waals surface area (Å²) in [5.41, 5.74) is 2.70. The van der Waals surface area contributed by atoms with E-state index in [1.807, 2.05) is 28.7 Å². The first-order valence-corrected chi connectivity index (χ1v) is 13.0. The van der Waals surface area contributed by atoms with Crippen LogP contribution in [0, 0.1) is 17.1 Å². The van der Waals surface area contributed by atoms with E-state index in [1.54, 1.807) is 51.4 Å². The van der Waals surface area contributed by atoms with Crippen molar-refractivity contribution in [2.24, 2.45) is 0 Å². The third-order valence-electron chi connectivity index (χ3n) is 5.74. The van der Waals surface area contributed by atoms with Gasteiger partial charge in [0.1, 0.15) is 5.82 Å². The molecule has 2 aromatic heterocycles. The fourth-order valence-electron chi connectivity index (χ4n) is 3.85. The van der Waals surface area contributed by atoms with Crippen molar-refractivity contribution in [3.05, 3.63) is 82.3 Å². The molecule has 0 saturated carbocycles. The Bertz CT molecular complexity index is 1570. The third-order valence-corrected chi connectivity index (χ3v) is 6.59. The fraction of sp³-hybridized carbons (Fsp3) is 0.222. The average Bonchev–Trinajstić information content (AvgIpc) is 2.89. The third kappa shape index (κ3) is 5.70. The molecule has 0 radical (unpaired) electrons. The number of ether oxygens (including phenoxy) is 1. The predicted octanol–water partition coefficient (Wildman–Crippen LogP) is 6.31. The molecule has 0 aliphatic heterocycles. The summed E-state index contributed by atoms with van der Waals surface area (Å²) in [6.07, 6.45) is 3.19. The Morgan fingerprint density at radius 1 is 1.26 bits per heavy atom. The number of fused-ring (bicyclic) bond motifs is 1. The smallest absolute Gasteiger partial charge is 0.358 e. The van der Waals surface area contributed by atoms with E-state index in [2.05, 4.69) is 20.3 Å². The first-order valence-electron chi connectivity index (χ1n) is 11.5. The number of benzene rings is 2. The van der Waals surface area contributed by atoms with Gasteiger partial charge in [0.15, 0.2) is 15.1 Å².